The van der Waals surface area contributed by atoms with Crippen LogP contribution in [0, 0.1) is 13.8 Å². The van der Waals surface area contributed by atoms with E-state index < -0.39 is 10.0 Å². The molecule has 0 aromatic carbocycles. The van der Waals surface area contributed by atoms with Crippen LogP contribution in [0.3, 0.4) is 0 Å². The molecule has 0 bridgehead atoms. The topological polar surface area (TPSA) is 85.4 Å². The lowest BCUT2D eigenvalue weighted by Gasteiger charge is -2.32. The summed E-state index contributed by atoms with van der Waals surface area (Å²) in [7, 11) is -1.96. The summed E-state index contributed by atoms with van der Waals surface area (Å²) in [6.07, 6.45) is 5.04. The number of piperidine rings is 1. The van der Waals surface area contributed by atoms with Crippen molar-refractivity contribution in [3.05, 3.63) is 40.6 Å². The van der Waals surface area contributed by atoms with Crippen LogP contribution in [0.2, 0.25) is 5.15 Å². The molecule has 0 aliphatic carbocycles. The lowest BCUT2D eigenvalue weighted by Crippen LogP contribution is -2.38. The normalized spacial score (nSPS) is 17.0. The van der Waals surface area contributed by atoms with Crippen LogP contribution in [-0.2, 0) is 17.1 Å². The van der Waals surface area contributed by atoms with Gasteiger partial charge in [-0.25, -0.2) is 17.9 Å². The van der Waals surface area contributed by atoms with Gasteiger partial charge in [-0.2, -0.15) is 14.5 Å². The first kappa shape index (κ1) is 18.4. The fourth-order valence-electron chi connectivity index (χ4n) is 3.78. The predicted octanol–water partition coefficient (Wildman–Crippen LogP) is 2.30. The lowest BCUT2D eigenvalue weighted by atomic mass is 9.89. The molecular weight excluding hydrogens is 388 g/mol. The Morgan fingerprint density at radius 1 is 1.22 bits per heavy atom. The van der Waals surface area contributed by atoms with Crippen LogP contribution < -0.4 is 0 Å². The fraction of sp³-hybridized carbons (Fsp3) is 0.471. The molecule has 0 amide bonds. The van der Waals surface area contributed by atoms with Gasteiger partial charge in [0.2, 0.25) is 10.0 Å². The van der Waals surface area contributed by atoms with E-state index in [1.54, 1.807) is 18.5 Å². The molecule has 1 aliphatic heterocycles. The molecule has 0 N–H and O–H groups in total. The Bertz CT molecular complexity index is 1110. The number of aromatic nitrogens is 5. The van der Waals surface area contributed by atoms with E-state index in [9.17, 15) is 8.42 Å². The SMILES string of the molecule is Cc1cc2ncnn2cc1C1CCN(S(=O)(=O)c2c(Cl)nn(C)c2C)CC1. The fourth-order valence-corrected chi connectivity index (χ4v) is 6.03. The third kappa shape index (κ3) is 3.03. The Morgan fingerprint density at radius 2 is 1.93 bits per heavy atom. The lowest BCUT2D eigenvalue weighted by molar-refractivity contribution is 0.318. The maximum atomic E-state index is 13.1. The second-order valence-corrected chi connectivity index (χ2v) is 9.21. The van der Waals surface area contributed by atoms with Gasteiger partial charge in [0.15, 0.2) is 10.8 Å². The van der Waals surface area contributed by atoms with E-state index in [2.05, 4.69) is 22.1 Å². The molecule has 0 unspecified atom stereocenters. The molecule has 3 aromatic heterocycles. The number of nitrogens with zero attached hydrogens (tertiary/aromatic N) is 6. The van der Waals surface area contributed by atoms with Gasteiger partial charge in [0.05, 0.1) is 5.69 Å². The Kier molecular flexibility index (Phi) is 4.48. The molecular formula is C17H21ClN6O2S. The molecule has 0 atom stereocenters. The molecule has 1 saturated heterocycles. The van der Waals surface area contributed by atoms with E-state index in [1.807, 2.05) is 12.3 Å². The highest BCUT2D eigenvalue weighted by molar-refractivity contribution is 7.89. The van der Waals surface area contributed by atoms with Crippen molar-refractivity contribution in [2.24, 2.45) is 7.05 Å². The first-order valence-corrected chi connectivity index (χ1v) is 10.6. The van der Waals surface area contributed by atoms with E-state index in [-0.39, 0.29) is 16.0 Å². The highest BCUT2D eigenvalue weighted by Crippen LogP contribution is 2.34. The van der Waals surface area contributed by atoms with Crippen LogP contribution in [0.25, 0.3) is 5.65 Å². The van der Waals surface area contributed by atoms with Crippen LogP contribution in [0.15, 0.2) is 23.5 Å². The molecule has 1 fully saturated rings. The molecule has 0 spiro atoms. The average molecular weight is 409 g/mol. The van der Waals surface area contributed by atoms with Crippen molar-refractivity contribution in [3.63, 3.8) is 0 Å². The number of hydrogen-bond donors (Lipinski definition) is 0. The van der Waals surface area contributed by atoms with E-state index in [0.29, 0.717) is 18.8 Å². The van der Waals surface area contributed by atoms with Crippen molar-refractivity contribution in [3.8, 4) is 0 Å². The van der Waals surface area contributed by atoms with Gasteiger partial charge in [0.1, 0.15) is 11.2 Å². The number of pyridine rings is 1. The van der Waals surface area contributed by atoms with E-state index in [1.165, 1.54) is 20.9 Å². The van der Waals surface area contributed by atoms with Crippen LogP contribution >= 0.6 is 11.6 Å². The average Bonchev–Trinajstić information content (AvgIpc) is 3.17. The molecule has 27 heavy (non-hydrogen) atoms. The highest BCUT2D eigenvalue weighted by Gasteiger charge is 2.34. The van der Waals surface area contributed by atoms with Crippen LogP contribution in [-0.4, -0.2) is 50.2 Å². The van der Waals surface area contributed by atoms with E-state index in [4.69, 9.17) is 11.6 Å². The molecule has 3 aromatic rings. The Morgan fingerprint density at radius 3 is 2.56 bits per heavy atom. The summed E-state index contributed by atoms with van der Waals surface area (Å²) < 4.78 is 30.9. The second-order valence-electron chi connectivity index (χ2n) is 6.98. The summed E-state index contributed by atoms with van der Waals surface area (Å²) >= 11 is 6.09. The zero-order valence-electron chi connectivity index (χ0n) is 15.4. The first-order chi connectivity index (χ1) is 12.8. The van der Waals surface area contributed by atoms with Crippen molar-refractivity contribution < 1.29 is 8.42 Å². The number of sulfonamides is 1. The Balaban J connectivity index is 1.57. The highest BCUT2D eigenvalue weighted by atomic mass is 35.5. The molecule has 1 aliphatic rings. The van der Waals surface area contributed by atoms with Gasteiger partial charge in [-0.05, 0) is 49.8 Å². The second kappa shape index (κ2) is 6.57. The third-order valence-corrected chi connectivity index (χ3v) is 7.82. The molecule has 4 rings (SSSR count). The minimum Gasteiger partial charge on any atom is -0.270 e. The third-order valence-electron chi connectivity index (χ3n) is 5.39. The maximum absolute atomic E-state index is 13.1. The molecule has 10 heteroatoms. The van der Waals surface area contributed by atoms with Crippen molar-refractivity contribution in [2.45, 2.75) is 37.5 Å². The number of halogens is 1. The van der Waals surface area contributed by atoms with Crippen molar-refractivity contribution in [1.29, 1.82) is 0 Å². The minimum absolute atomic E-state index is 0.0320. The minimum atomic E-state index is -3.65. The Labute approximate surface area is 162 Å². The molecule has 4 heterocycles. The number of fused-ring (bicyclic) bond motifs is 1. The van der Waals surface area contributed by atoms with Gasteiger partial charge in [0.25, 0.3) is 0 Å². The summed E-state index contributed by atoms with van der Waals surface area (Å²) in [5, 5.41) is 8.27. The van der Waals surface area contributed by atoms with E-state index >= 15 is 0 Å². The summed E-state index contributed by atoms with van der Waals surface area (Å²) in [5.41, 5.74) is 3.72. The standard InChI is InChI=1S/C17H21ClN6O2S/c1-11-8-15-19-10-20-24(15)9-14(11)13-4-6-23(7-5-13)27(25,26)16-12(2)22(3)21-17(16)18/h8-10,13H,4-7H2,1-3H3. The van der Waals surface area contributed by atoms with Crippen molar-refractivity contribution in [2.75, 3.05) is 13.1 Å². The summed E-state index contributed by atoms with van der Waals surface area (Å²) in [4.78, 5) is 4.32. The quantitative estimate of drug-likeness (QED) is 0.663. The maximum Gasteiger partial charge on any atom is 0.248 e. The summed E-state index contributed by atoms with van der Waals surface area (Å²) in [6, 6.07) is 2.02. The predicted molar refractivity (Wildman–Crippen MR) is 101 cm³/mol. The number of aryl methyl sites for hydroxylation is 2. The Hall–Kier alpha value is -1.97. The van der Waals surface area contributed by atoms with Gasteiger partial charge < -0.3 is 0 Å². The number of rotatable bonds is 3. The molecule has 0 saturated carbocycles. The van der Waals surface area contributed by atoms with Crippen molar-refractivity contribution in [1.82, 2.24) is 28.7 Å². The van der Waals surface area contributed by atoms with Gasteiger partial charge in [0, 0.05) is 26.3 Å². The largest absolute Gasteiger partial charge is 0.270 e. The summed E-state index contributed by atoms with van der Waals surface area (Å²) in [6.45, 7) is 4.68. The van der Waals surface area contributed by atoms with Gasteiger partial charge >= 0.3 is 0 Å². The molecule has 8 nitrogen and oxygen atoms in total. The summed E-state index contributed by atoms with van der Waals surface area (Å²) in [5.74, 6) is 0.288. The monoisotopic (exact) mass is 408 g/mol. The van der Waals surface area contributed by atoms with E-state index in [0.717, 1.165) is 24.1 Å². The van der Waals surface area contributed by atoms with Crippen LogP contribution in [0.5, 0.6) is 0 Å². The van der Waals surface area contributed by atoms with Gasteiger partial charge in [-0.3, -0.25) is 4.68 Å². The molecule has 0 radical (unpaired) electrons. The van der Waals surface area contributed by atoms with Crippen LogP contribution in [0.4, 0.5) is 0 Å². The number of hydrogen-bond acceptors (Lipinski definition) is 5. The first-order valence-electron chi connectivity index (χ1n) is 8.78. The van der Waals surface area contributed by atoms with Gasteiger partial charge in [-0.15, -0.1) is 0 Å². The molecule has 144 valence electrons. The van der Waals surface area contributed by atoms with Crippen molar-refractivity contribution >= 4 is 27.3 Å². The van der Waals surface area contributed by atoms with Gasteiger partial charge in [-0.1, -0.05) is 11.6 Å². The zero-order valence-corrected chi connectivity index (χ0v) is 17.0. The smallest absolute Gasteiger partial charge is 0.248 e. The zero-order chi connectivity index (χ0) is 19.3. The van der Waals surface area contributed by atoms with Crippen LogP contribution in [0.1, 0.15) is 35.6 Å².